The second-order valence-electron chi connectivity index (χ2n) is 4.28. The summed E-state index contributed by atoms with van der Waals surface area (Å²) in [4.78, 5) is 0. The maximum Gasteiger partial charge on any atom is 0.0682 e. The molecule has 1 saturated carbocycles. The molecule has 0 aromatic rings. The fourth-order valence-electron chi connectivity index (χ4n) is 2.34. The molecule has 2 aliphatic rings. The minimum atomic E-state index is -0.0967. The van der Waals surface area contributed by atoms with Gasteiger partial charge >= 0.3 is 0 Å². The lowest BCUT2D eigenvalue weighted by Gasteiger charge is -2.40. The van der Waals surface area contributed by atoms with Crippen molar-refractivity contribution in [3.05, 3.63) is 0 Å². The minimum Gasteiger partial charge on any atom is -0.392 e. The monoisotopic (exact) mass is 155 g/mol. The molecule has 0 aromatic carbocycles. The lowest BCUT2D eigenvalue weighted by atomic mass is 9.71. The van der Waals surface area contributed by atoms with Crippen LogP contribution in [-0.2, 0) is 0 Å². The molecule has 0 bridgehead atoms. The summed E-state index contributed by atoms with van der Waals surface area (Å²) in [5, 5.41) is 12.8. The highest BCUT2D eigenvalue weighted by Crippen LogP contribution is 2.40. The predicted octanol–water partition coefficient (Wildman–Crippen LogP) is 0.899. The van der Waals surface area contributed by atoms with Gasteiger partial charge in [0.1, 0.15) is 0 Å². The molecule has 2 rings (SSSR count). The van der Waals surface area contributed by atoms with Gasteiger partial charge in [0.05, 0.1) is 6.10 Å². The first kappa shape index (κ1) is 7.56. The lowest BCUT2D eigenvalue weighted by molar-refractivity contribution is 0.134. The van der Waals surface area contributed by atoms with Crippen LogP contribution in [0.4, 0.5) is 0 Å². The molecule has 0 spiro atoms. The zero-order valence-electron chi connectivity index (χ0n) is 7.14. The first-order valence-electron chi connectivity index (χ1n) is 4.64. The highest BCUT2D eigenvalue weighted by atomic mass is 16.3. The van der Waals surface area contributed by atoms with Gasteiger partial charge in [0.25, 0.3) is 0 Å². The first-order valence-corrected chi connectivity index (χ1v) is 4.64. The van der Waals surface area contributed by atoms with E-state index in [4.69, 9.17) is 0 Å². The number of aliphatic hydroxyl groups is 1. The molecule has 1 heterocycles. The van der Waals surface area contributed by atoms with Crippen molar-refractivity contribution in [1.82, 2.24) is 5.32 Å². The van der Waals surface area contributed by atoms with Crippen molar-refractivity contribution < 1.29 is 5.11 Å². The van der Waals surface area contributed by atoms with Crippen LogP contribution in [-0.4, -0.2) is 23.3 Å². The van der Waals surface area contributed by atoms with Gasteiger partial charge in [0.15, 0.2) is 0 Å². The van der Waals surface area contributed by atoms with Crippen LogP contribution in [0.25, 0.3) is 0 Å². The average Bonchev–Trinajstić information content (AvgIpc) is 2.06. The molecule has 1 saturated heterocycles. The number of rotatable bonds is 1. The Morgan fingerprint density at radius 3 is 2.55 bits per heavy atom. The zero-order chi connectivity index (χ0) is 7.90. The van der Waals surface area contributed by atoms with Crippen molar-refractivity contribution in [2.75, 3.05) is 6.54 Å². The van der Waals surface area contributed by atoms with Crippen molar-refractivity contribution in [3.8, 4) is 0 Å². The Morgan fingerprint density at radius 1 is 1.45 bits per heavy atom. The van der Waals surface area contributed by atoms with Crippen molar-refractivity contribution in [2.24, 2.45) is 5.92 Å². The molecular formula is C9H17NO. The molecule has 11 heavy (non-hydrogen) atoms. The molecule has 2 unspecified atom stereocenters. The summed E-state index contributed by atoms with van der Waals surface area (Å²) in [7, 11) is 0. The average molecular weight is 155 g/mol. The molecule has 2 N–H and O–H groups in total. The van der Waals surface area contributed by atoms with Gasteiger partial charge in [-0.3, -0.25) is 0 Å². The Bertz CT molecular complexity index is 156. The predicted molar refractivity (Wildman–Crippen MR) is 44.4 cm³/mol. The Labute approximate surface area is 68.0 Å². The molecule has 2 atom stereocenters. The van der Waals surface area contributed by atoms with Crippen LogP contribution < -0.4 is 5.32 Å². The largest absolute Gasteiger partial charge is 0.392 e. The third-order valence-electron chi connectivity index (χ3n) is 3.41. The Balaban J connectivity index is 1.98. The maximum absolute atomic E-state index is 9.37. The van der Waals surface area contributed by atoms with Crippen LogP contribution in [0.2, 0.25) is 0 Å². The number of nitrogens with one attached hydrogen (secondary N) is 1. The van der Waals surface area contributed by atoms with E-state index in [0.29, 0.717) is 0 Å². The summed E-state index contributed by atoms with van der Waals surface area (Å²) in [6.07, 6.45) is 4.96. The smallest absolute Gasteiger partial charge is 0.0682 e. The van der Waals surface area contributed by atoms with Gasteiger partial charge in [-0.1, -0.05) is 6.42 Å². The second-order valence-corrected chi connectivity index (χ2v) is 4.28. The Morgan fingerprint density at radius 2 is 2.18 bits per heavy atom. The molecule has 2 heteroatoms. The van der Waals surface area contributed by atoms with E-state index in [1.165, 1.54) is 19.3 Å². The highest BCUT2D eigenvalue weighted by Gasteiger charge is 2.42. The normalized spacial score (nSPS) is 45.8. The summed E-state index contributed by atoms with van der Waals surface area (Å²) in [5.74, 6) is 0.833. The fraction of sp³-hybridized carbons (Fsp3) is 1.00. The SMILES string of the molecule is CC1(C2CCC2)CC(O)CN1. The van der Waals surface area contributed by atoms with Crippen molar-refractivity contribution in [3.63, 3.8) is 0 Å². The molecule has 64 valence electrons. The van der Waals surface area contributed by atoms with E-state index < -0.39 is 0 Å². The number of hydrogen-bond donors (Lipinski definition) is 2. The van der Waals surface area contributed by atoms with E-state index in [1.807, 2.05) is 0 Å². The molecule has 2 nitrogen and oxygen atoms in total. The van der Waals surface area contributed by atoms with Gasteiger partial charge in [-0.15, -0.1) is 0 Å². The molecule has 0 aromatic heterocycles. The number of β-amino-alcohol motifs (C(OH)–C–C–N with tert-alkyl or cyclic N) is 1. The first-order chi connectivity index (χ1) is 5.21. The third kappa shape index (κ3) is 1.18. The molecule has 1 aliphatic carbocycles. The van der Waals surface area contributed by atoms with E-state index in [2.05, 4.69) is 12.2 Å². The summed E-state index contributed by atoms with van der Waals surface area (Å²) in [5.41, 5.74) is 0.262. The van der Waals surface area contributed by atoms with Gasteiger partial charge < -0.3 is 10.4 Å². The third-order valence-corrected chi connectivity index (χ3v) is 3.41. The van der Waals surface area contributed by atoms with Crippen LogP contribution in [0, 0.1) is 5.92 Å². The van der Waals surface area contributed by atoms with Gasteiger partial charge in [0, 0.05) is 12.1 Å². The van der Waals surface area contributed by atoms with Crippen molar-refractivity contribution >= 4 is 0 Å². The standard InChI is InChI=1S/C9H17NO/c1-9(7-3-2-4-7)5-8(11)6-10-9/h7-8,10-11H,2-6H2,1H3. The lowest BCUT2D eigenvalue weighted by Crippen LogP contribution is -2.46. The van der Waals surface area contributed by atoms with E-state index in [1.54, 1.807) is 0 Å². The van der Waals surface area contributed by atoms with Crippen LogP contribution in [0.1, 0.15) is 32.6 Å². The van der Waals surface area contributed by atoms with Crippen molar-refractivity contribution in [1.29, 1.82) is 0 Å². The van der Waals surface area contributed by atoms with Crippen molar-refractivity contribution in [2.45, 2.75) is 44.2 Å². The van der Waals surface area contributed by atoms with Gasteiger partial charge in [-0.25, -0.2) is 0 Å². The second kappa shape index (κ2) is 2.46. The van der Waals surface area contributed by atoms with E-state index in [9.17, 15) is 5.11 Å². The zero-order valence-corrected chi connectivity index (χ0v) is 7.14. The summed E-state index contributed by atoms with van der Waals surface area (Å²) in [6, 6.07) is 0. The van der Waals surface area contributed by atoms with E-state index in [-0.39, 0.29) is 11.6 Å². The van der Waals surface area contributed by atoms with Gasteiger partial charge in [-0.05, 0) is 32.1 Å². The van der Waals surface area contributed by atoms with Gasteiger partial charge in [0.2, 0.25) is 0 Å². The summed E-state index contributed by atoms with van der Waals surface area (Å²) < 4.78 is 0. The highest BCUT2D eigenvalue weighted by molar-refractivity contribution is 5.00. The van der Waals surface area contributed by atoms with Crippen LogP contribution in [0.3, 0.4) is 0 Å². The van der Waals surface area contributed by atoms with Gasteiger partial charge in [-0.2, -0.15) is 0 Å². The topological polar surface area (TPSA) is 32.3 Å². The Kier molecular flexibility index (Phi) is 1.69. The fourth-order valence-corrected chi connectivity index (χ4v) is 2.34. The number of hydrogen-bond acceptors (Lipinski definition) is 2. The van der Waals surface area contributed by atoms with Crippen LogP contribution in [0.5, 0.6) is 0 Å². The van der Waals surface area contributed by atoms with E-state index >= 15 is 0 Å². The Hall–Kier alpha value is -0.0800. The van der Waals surface area contributed by atoms with E-state index in [0.717, 1.165) is 18.9 Å². The number of aliphatic hydroxyl groups excluding tert-OH is 1. The summed E-state index contributed by atoms with van der Waals surface area (Å²) >= 11 is 0. The molecule has 0 radical (unpaired) electrons. The maximum atomic E-state index is 9.37. The molecular weight excluding hydrogens is 138 g/mol. The summed E-state index contributed by atoms with van der Waals surface area (Å²) in [6.45, 7) is 3.06. The molecule has 2 fully saturated rings. The molecule has 1 aliphatic heterocycles. The quantitative estimate of drug-likeness (QED) is 0.589. The van der Waals surface area contributed by atoms with Crippen LogP contribution in [0.15, 0.2) is 0 Å². The minimum absolute atomic E-state index is 0.0967. The van der Waals surface area contributed by atoms with Crippen LogP contribution >= 0.6 is 0 Å². The molecule has 0 amide bonds.